The summed E-state index contributed by atoms with van der Waals surface area (Å²) in [6, 6.07) is 6.04. The molecule has 1 amide bonds. The highest BCUT2D eigenvalue weighted by Gasteiger charge is 2.42. The maximum absolute atomic E-state index is 12.4. The van der Waals surface area contributed by atoms with Crippen LogP contribution in [-0.4, -0.2) is 41.0 Å². The van der Waals surface area contributed by atoms with Crippen molar-refractivity contribution in [2.45, 2.75) is 31.2 Å². The Balaban J connectivity index is 2.46. The van der Waals surface area contributed by atoms with Crippen molar-refractivity contribution in [1.29, 1.82) is 0 Å². The number of sulfonamides is 1. The molecule has 21 heavy (non-hydrogen) atoms. The molecule has 1 aliphatic heterocycles. The number of benzene rings is 1. The molecule has 1 aromatic carbocycles. The van der Waals surface area contributed by atoms with Gasteiger partial charge in [0.1, 0.15) is 6.04 Å². The number of aliphatic carboxylic acids is 1. The lowest BCUT2D eigenvalue weighted by molar-refractivity contribution is -0.136. The number of nitrogens with zero attached hydrogens (tertiary/aromatic N) is 1. The molecule has 1 heterocycles. The largest absolute Gasteiger partial charge is 0.480 e. The van der Waals surface area contributed by atoms with Crippen LogP contribution in [0.15, 0.2) is 24.3 Å². The molecule has 0 spiro atoms. The van der Waals surface area contributed by atoms with Crippen LogP contribution in [-0.2, 0) is 32.6 Å². The van der Waals surface area contributed by atoms with Gasteiger partial charge >= 0.3 is 5.97 Å². The minimum atomic E-state index is -4.17. The van der Waals surface area contributed by atoms with E-state index in [1.165, 1.54) is 0 Å². The Morgan fingerprint density at radius 3 is 2.43 bits per heavy atom. The SMILES string of the molecule is CC(C(=O)O)S(=O)(=O)N1Cc2ccccc2C[C@H]1C(N)=O. The van der Waals surface area contributed by atoms with Gasteiger partial charge in [-0.2, -0.15) is 4.31 Å². The fourth-order valence-electron chi connectivity index (χ4n) is 2.34. The predicted octanol–water partition coefficient (Wildman–Crippen LogP) is -0.298. The second kappa shape index (κ2) is 5.45. The van der Waals surface area contributed by atoms with Gasteiger partial charge in [-0.25, -0.2) is 8.42 Å². The van der Waals surface area contributed by atoms with Crippen molar-refractivity contribution in [3.05, 3.63) is 35.4 Å². The summed E-state index contributed by atoms with van der Waals surface area (Å²) < 4.78 is 25.7. The highest BCUT2D eigenvalue weighted by Crippen LogP contribution is 2.27. The molecule has 0 fully saturated rings. The Morgan fingerprint density at radius 2 is 1.90 bits per heavy atom. The smallest absolute Gasteiger partial charge is 0.323 e. The van der Waals surface area contributed by atoms with E-state index >= 15 is 0 Å². The molecular formula is C13H16N2O5S. The molecule has 0 bridgehead atoms. The van der Waals surface area contributed by atoms with Crippen molar-refractivity contribution >= 4 is 21.9 Å². The van der Waals surface area contributed by atoms with Gasteiger partial charge in [0.25, 0.3) is 0 Å². The fourth-order valence-corrected chi connectivity index (χ4v) is 3.85. The van der Waals surface area contributed by atoms with Crippen LogP contribution in [0.2, 0.25) is 0 Å². The second-order valence-corrected chi connectivity index (χ2v) is 7.17. The van der Waals surface area contributed by atoms with Crippen LogP contribution in [0.1, 0.15) is 18.1 Å². The highest BCUT2D eigenvalue weighted by atomic mass is 32.2. The Bertz CT molecular complexity index is 686. The van der Waals surface area contributed by atoms with E-state index in [9.17, 15) is 18.0 Å². The molecular weight excluding hydrogens is 296 g/mol. The first kappa shape index (κ1) is 15.5. The lowest BCUT2D eigenvalue weighted by atomic mass is 9.96. The van der Waals surface area contributed by atoms with Gasteiger partial charge < -0.3 is 10.8 Å². The first-order valence-electron chi connectivity index (χ1n) is 6.34. The van der Waals surface area contributed by atoms with Gasteiger partial charge in [-0.3, -0.25) is 9.59 Å². The van der Waals surface area contributed by atoms with Crippen molar-refractivity contribution in [1.82, 2.24) is 4.31 Å². The normalized spacial score (nSPS) is 20.5. The molecule has 0 radical (unpaired) electrons. The molecule has 7 nitrogen and oxygen atoms in total. The first-order valence-corrected chi connectivity index (χ1v) is 7.85. The van der Waals surface area contributed by atoms with Gasteiger partial charge in [0.2, 0.25) is 15.9 Å². The molecule has 2 rings (SSSR count). The van der Waals surface area contributed by atoms with E-state index in [2.05, 4.69) is 0 Å². The van der Waals surface area contributed by atoms with Crippen LogP contribution in [0.3, 0.4) is 0 Å². The monoisotopic (exact) mass is 312 g/mol. The zero-order valence-corrected chi connectivity index (χ0v) is 12.2. The number of hydrogen-bond donors (Lipinski definition) is 2. The van der Waals surface area contributed by atoms with Gasteiger partial charge in [0, 0.05) is 6.54 Å². The minimum absolute atomic E-state index is 0.0519. The maximum Gasteiger partial charge on any atom is 0.323 e. The number of nitrogens with two attached hydrogens (primary N) is 1. The standard InChI is InChI=1S/C13H16N2O5S/c1-8(13(17)18)21(19,20)15-7-10-5-3-2-4-9(10)6-11(15)12(14)16/h2-5,8,11H,6-7H2,1H3,(H2,14,16)(H,17,18)/t8?,11-/m0/s1. The average molecular weight is 312 g/mol. The van der Waals surface area contributed by atoms with Crippen LogP contribution < -0.4 is 5.73 Å². The number of primary amides is 1. The topological polar surface area (TPSA) is 118 Å². The molecule has 0 saturated heterocycles. The summed E-state index contributed by atoms with van der Waals surface area (Å²) in [5.41, 5.74) is 6.88. The predicted molar refractivity (Wildman–Crippen MR) is 74.7 cm³/mol. The zero-order valence-electron chi connectivity index (χ0n) is 11.4. The van der Waals surface area contributed by atoms with Gasteiger partial charge in [0.05, 0.1) is 0 Å². The lowest BCUT2D eigenvalue weighted by Crippen LogP contribution is -2.54. The summed E-state index contributed by atoms with van der Waals surface area (Å²) in [5.74, 6) is -2.25. The van der Waals surface area contributed by atoms with Gasteiger partial charge in [-0.1, -0.05) is 24.3 Å². The summed E-state index contributed by atoms with van der Waals surface area (Å²) in [5, 5.41) is 7.31. The Morgan fingerprint density at radius 1 is 1.33 bits per heavy atom. The van der Waals surface area contributed by atoms with E-state index in [1.54, 1.807) is 24.3 Å². The number of amides is 1. The summed E-state index contributed by atoms with van der Waals surface area (Å²) >= 11 is 0. The highest BCUT2D eigenvalue weighted by molar-refractivity contribution is 7.90. The third kappa shape index (κ3) is 2.77. The lowest BCUT2D eigenvalue weighted by Gasteiger charge is -2.35. The molecule has 2 atom stereocenters. The van der Waals surface area contributed by atoms with E-state index in [-0.39, 0.29) is 13.0 Å². The number of rotatable bonds is 4. The van der Waals surface area contributed by atoms with Crippen LogP contribution in [0.4, 0.5) is 0 Å². The fraction of sp³-hybridized carbons (Fsp3) is 0.385. The van der Waals surface area contributed by atoms with Crippen LogP contribution in [0.25, 0.3) is 0 Å². The maximum atomic E-state index is 12.4. The zero-order chi connectivity index (χ0) is 15.8. The third-order valence-electron chi connectivity index (χ3n) is 3.66. The molecule has 8 heteroatoms. The van der Waals surface area contributed by atoms with E-state index < -0.39 is 33.2 Å². The Hall–Kier alpha value is -1.93. The van der Waals surface area contributed by atoms with Crippen molar-refractivity contribution in [3.8, 4) is 0 Å². The van der Waals surface area contributed by atoms with E-state index in [1.807, 2.05) is 0 Å². The first-order chi connectivity index (χ1) is 9.75. The van der Waals surface area contributed by atoms with Crippen molar-refractivity contribution in [2.75, 3.05) is 0 Å². The number of carboxylic acid groups (broad SMARTS) is 1. The van der Waals surface area contributed by atoms with Crippen LogP contribution in [0.5, 0.6) is 0 Å². The number of fused-ring (bicyclic) bond motifs is 1. The van der Waals surface area contributed by atoms with E-state index in [0.29, 0.717) is 0 Å². The van der Waals surface area contributed by atoms with Crippen molar-refractivity contribution in [3.63, 3.8) is 0 Å². The number of carboxylic acids is 1. The number of hydrogen-bond acceptors (Lipinski definition) is 4. The summed E-state index contributed by atoms with van der Waals surface area (Å²) in [7, 11) is -4.17. The molecule has 0 aromatic heterocycles. The molecule has 114 valence electrons. The third-order valence-corrected chi connectivity index (χ3v) is 5.79. The Labute approximate surface area is 122 Å². The van der Waals surface area contributed by atoms with E-state index in [4.69, 9.17) is 10.8 Å². The Kier molecular flexibility index (Phi) is 4.02. The summed E-state index contributed by atoms with van der Waals surface area (Å²) in [6.45, 7) is 1.03. The van der Waals surface area contributed by atoms with Gasteiger partial charge in [0.15, 0.2) is 5.25 Å². The minimum Gasteiger partial charge on any atom is -0.480 e. The van der Waals surface area contributed by atoms with Crippen LogP contribution >= 0.6 is 0 Å². The van der Waals surface area contributed by atoms with Gasteiger partial charge in [-0.15, -0.1) is 0 Å². The number of carbonyl (C=O) groups excluding carboxylic acids is 1. The summed E-state index contributed by atoms with van der Waals surface area (Å²) in [6.07, 6.45) is 0.150. The molecule has 0 saturated carbocycles. The van der Waals surface area contributed by atoms with Crippen molar-refractivity contribution in [2.24, 2.45) is 5.73 Å². The molecule has 3 N–H and O–H groups in total. The summed E-state index contributed by atoms with van der Waals surface area (Å²) in [4.78, 5) is 22.6. The molecule has 1 aromatic rings. The van der Waals surface area contributed by atoms with E-state index in [0.717, 1.165) is 22.4 Å². The second-order valence-electron chi connectivity index (χ2n) is 4.96. The number of carbonyl (C=O) groups is 2. The quantitative estimate of drug-likeness (QED) is 0.791. The average Bonchev–Trinajstić information content (AvgIpc) is 2.44. The molecule has 1 aliphatic rings. The van der Waals surface area contributed by atoms with Crippen LogP contribution in [0, 0.1) is 0 Å². The molecule has 0 aliphatic carbocycles. The van der Waals surface area contributed by atoms with Gasteiger partial charge in [-0.05, 0) is 24.5 Å². The molecule has 1 unspecified atom stereocenters. The van der Waals surface area contributed by atoms with Crippen molar-refractivity contribution < 1.29 is 23.1 Å².